The molecule has 1 aliphatic rings. The van der Waals surface area contributed by atoms with Gasteiger partial charge in [-0.3, -0.25) is 14.4 Å². The van der Waals surface area contributed by atoms with Gasteiger partial charge in [-0.05, 0) is 42.1 Å². The van der Waals surface area contributed by atoms with Crippen molar-refractivity contribution < 1.29 is 23.9 Å². The number of benzene rings is 1. The summed E-state index contributed by atoms with van der Waals surface area (Å²) in [6, 6.07) is 7.94. The molecule has 27 heavy (non-hydrogen) atoms. The molecule has 2 aromatic rings. The molecule has 1 aliphatic heterocycles. The highest BCUT2D eigenvalue weighted by Gasteiger charge is 2.22. The fourth-order valence-electron chi connectivity index (χ4n) is 2.68. The van der Waals surface area contributed by atoms with Crippen LogP contribution in [0.5, 0.6) is 0 Å². The van der Waals surface area contributed by atoms with Crippen LogP contribution in [0.25, 0.3) is 0 Å². The number of ether oxygens (including phenoxy) is 1. The van der Waals surface area contributed by atoms with E-state index in [-0.39, 0.29) is 17.0 Å². The van der Waals surface area contributed by atoms with E-state index in [4.69, 9.17) is 10.5 Å². The lowest BCUT2D eigenvalue weighted by Crippen LogP contribution is -2.24. The summed E-state index contributed by atoms with van der Waals surface area (Å²) in [5.74, 6) is -1.83. The molecule has 0 bridgehead atoms. The molecule has 1 aromatic carbocycles. The van der Waals surface area contributed by atoms with Gasteiger partial charge < -0.3 is 20.7 Å². The second-order valence-electron chi connectivity index (χ2n) is 5.85. The van der Waals surface area contributed by atoms with Crippen LogP contribution in [0.3, 0.4) is 0 Å². The van der Waals surface area contributed by atoms with Crippen molar-refractivity contribution in [3.8, 4) is 0 Å². The van der Waals surface area contributed by atoms with Crippen molar-refractivity contribution in [1.29, 1.82) is 0 Å². The topological polar surface area (TPSA) is 119 Å². The number of esters is 1. The van der Waals surface area contributed by atoms with Gasteiger partial charge in [0.25, 0.3) is 11.8 Å². The van der Waals surface area contributed by atoms with E-state index in [1.807, 2.05) is 0 Å². The molecular formula is C18H17N3O5S. The Balaban J connectivity index is 1.54. The van der Waals surface area contributed by atoms with Gasteiger partial charge in [-0.15, -0.1) is 11.3 Å². The third-order valence-electron chi connectivity index (χ3n) is 4.01. The molecule has 0 spiro atoms. The van der Waals surface area contributed by atoms with Crippen LogP contribution in [0.1, 0.15) is 33.6 Å². The van der Waals surface area contributed by atoms with Gasteiger partial charge in [0.2, 0.25) is 5.91 Å². The fourth-order valence-corrected chi connectivity index (χ4v) is 3.48. The zero-order valence-corrected chi connectivity index (χ0v) is 15.1. The Kier molecular flexibility index (Phi) is 5.51. The molecular weight excluding hydrogens is 370 g/mol. The molecule has 0 aliphatic carbocycles. The molecule has 0 unspecified atom stereocenters. The molecule has 3 rings (SSSR count). The molecule has 1 aromatic heterocycles. The van der Waals surface area contributed by atoms with E-state index in [0.717, 1.165) is 23.4 Å². The minimum Gasteiger partial charge on any atom is -0.452 e. The molecule has 0 saturated carbocycles. The standard InChI is InChI=1S/C18H17N3O5S/c19-16(24)13-7-9-27-17(13)20-14(22)10-26-18(25)11-3-5-12(6-4-11)21-8-1-2-15(21)23/h3-7,9H,1-2,8,10H2,(H2,19,24)(H,20,22). The summed E-state index contributed by atoms with van der Waals surface area (Å²) in [4.78, 5) is 48.6. The Labute approximate surface area is 158 Å². The summed E-state index contributed by atoms with van der Waals surface area (Å²) in [7, 11) is 0. The minimum absolute atomic E-state index is 0.0610. The van der Waals surface area contributed by atoms with Gasteiger partial charge in [0.15, 0.2) is 6.61 Å². The second kappa shape index (κ2) is 8.00. The molecule has 2 heterocycles. The van der Waals surface area contributed by atoms with Gasteiger partial charge in [-0.1, -0.05) is 0 Å². The van der Waals surface area contributed by atoms with Crippen LogP contribution in [0, 0.1) is 0 Å². The average molecular weight is 387 g/mol. The van der Waals surface area contributed by atoms with Gasteiger partial charge in [0.05, 0.1) is 11.1 Å². The van der Waals surface area contributed by atoms with Crippen molar-refractivity contribution >= 4 is 45.7 Å². The number of hydrogen-bond donors (Lipinski definition) is 2. The van der Waals surface area contributed by atoms with E-state index < -0.39 is 24.4 Å². The maximum atomic E-state index is 12.1. The van der Waals surface area contributed by atoms with Crippen LogP contribution in [0.4, 0.5) is 10.7 Å². The van der Waals surface area contributed by atoms with Gasteiger partial charge >= 0.3 is 5.97 Å². The Bertz CT molecular complexity index is 891. The second-order valence-corrected chi connectivity index (χ2v) is 6.76. The number of nitrogens with zero attached hydrogens (tertiary/aromatic N) is 1. The van der Waals surface area contributed by atoms with E-state index in [1.54, 1.807) is 34.5 Å². The number of primary amides is 1. The van der Waals surface area contributed by atoms with Crippen LogP contribution in [0.15, 0.2) is 35.7 Å². The quantitative estimate of drug-likeness (QED) is 0.732. The number of rotatable bonds is 6. The van der Waals surface area contributed by atoms with Crippen molar-refractivity contribution in [2.24, 2.45) is 5.73 Å². The number of carbonyl (C=O) groups excluding carboxylic acids is 4. The smallest absolute Gasteiger partial charge is 0.338 e. The average Bonchev–Trinajstić information content (AvgIpc) is 3.28. The van der Waals surface area contributed by atoms with E-state index >= 15 is 0 Å². The largest absolute Gasteiger partial charge is 0.452 e. The third kappa shape index (κ3) is 4.32. The number of nitrogens with two attached hydrogens (primary N) is 1. The molecule has 8 nitrogen and oxygen atoms in total. The van der Waals surface area contributed by atoms with Crippen molar-refractivity contribution in [2.75, 3.05) is 23.4 Å². The number of nitrogens with one attached hydrogen (secondary N) is 1. The molecule has 140 valence electrons. The fraction of sp³-hybridized carbons (Fsp3) is 0.222. The maximum absolute atomic E-state index is 12.1. The highest BCUT2D eigenvalue weighted by molar-refractivity contribution is 7.14. The number of amides is 3. The Morgan fingerprint density at radius 2 is 1.93 bits per heavy atom. The van der Waals surface area contributed by atoms with Crippen molar-refractivity contribution in [1.82, 2.24) is 0 Å². The normalized spacial score (nSPS) is 13.5. The lowest BCUT2D eigenvalue weighted by Gasteiger charge is -2.15. The van der Waals surface area contributed by atoms with Gasteiger partial charge in [0, 0.05) is 18.7 Å². The zero-order valence-electron chi connectivity index (χ0n) is 14.3. The monoisotopic (exact) mass is 387 g/mol. The summed E-state index contributed by atoms with van der Waals surface area (Å²) in [5, 5.41) is 4.42. The molecule has 9 heteroatoms. The first-order valence-corrected chi connectivity index (χ1v) is 9.08. The van der Waals surface area contributed by atoms with Crippen LogP contribution in [-0.2, 0) is 14.3 Å². The Morgan fingerprint density at radius 1 is 1.19 bits per heavy atom. The minimum atomic E-state index is -0.661. The number of thiophene rings is 1. The summed E-state index contributed by atoms with van der Waals surface area (Å²) >= 11 is 1.15. The molecule has 1 fully saturated rings. The summed E-state index contributed by atoms with van der Waals surface area (Å²) < 4.78 is 4.98. The maximum Gasteiger partial charge on any atom is 0.338 e. The Hall–Kier alpha value is -3.20. The van der Waals surface area contributed by atoms with Crippen LogP contribution < -0.4 is 16.0 Å². The molecule has 1 saturated heterocycles. The Morgan fingerprint density at radius 3 is 2.56 bits per heavy atom. The number of anilines is 2. The SMILES string of the molecule is NC(=O)c1ccsc1NC(=O)COC(=O)c1ccc(N2CCCC2=O)cc1. The summed E-state index contributed by atoms with van der Waals surface area (Å²) in [6.45, 7) is 0.167. The van der Waals surface area contributed by atoms with E-state index in [2.05, 4.69) is 5.32 Å². The highest BCUT2D eigenvalue weighted by atomic mass is 32.1. The van der Waals surface area contributed by atoms with Crippen LogP contribution in [0.2, 0.25) is 0 Å². The van der Waals surface area contributed by atoms with E-state index in [9.17, 15) is 19.2 Å². The first kappa shape index (κ1) is 18.6. The molecule has 0 radical (unpaired) electrons. The predicted molar refractivity (Wildman–Crippen MR) is 99.8 cm³/mol. The lowest BCUT2D eigenvalue weighted by atomic mass is 10.2. The van der Waals surface area contributed by atoms with E-state index in [1.165, 1.54) is 6.07 Å². The molecule has 0 atom stereocenters. The molecule has 3 N–H and O–H groups in total. The first-order valence-electron chi connectivity index (χ1n) is 8.20. The predicted octanol–water partition coefficient (Wildman–Crippen LogP) is 1.77. The number of carbonyl (C=O) groups is 4. The zero-order chi connectivity index (χ0) is 19.4. The van der Waals surface area contributed by atoms with Crippen molar-refractivity contribution in [3.63, 3.8) is 0 Å². The molecule has 3 amide bonds. The van der Waals surface area contributed by atoms with Gasteiger partial charge in [-0.25, -0.2) is 4.79 Å². The van der Waals surface area contributed by atoms with Gasteiger partial charge in [-0.2, -0.15) is 0 Å². The summed E-state index contributed by atoms with van der Waals surface area (Å²) in [6.07, 6.45) is 1.35. The summed E-state index contributed by atoms with van der Waals surface area (Å²) in [5.41, 5.74) is 6.40. The number of hydrogen-bond acceptors (Lipinski definition) is 6. The van der Waals surface area contributed by atoms with E-state index in [0.29, 0.717) is 18.0 Å². The van der Waals surface area contributed by atoms with Gasteiger partial charge in [0.1, 0.15) is 5.00 Å². The third-order valence-corrected chi connectivity index (χ3v) is 4.84. The van der Waals surface area contributed by atoms with Crippen molar-refractivity contribution in [3.05, 3.63) is 46.8 Å². The van der Waals surface area contributed by atoms with Crippen LogP contribution in [-0.4, -0.2) is 36.8 Å². The van der Waals surface area contributed by atoms with Crippen LogP contribution >= 0.6 is 11.3 Å². The highest BCUT2D eigenvalue weighted by Crippen LogP contribution is 2.23. The first-order chi connectivity index (χ1) is 13.0. The lowest BCUT2D eigenvalue weighted by molar-refractivity contribution is -0.119. The van der Waals surface area contributed by atoms with Crippen molar-refractivity contribution in [2.45, 2.75) is 12.8 Å².